The molecule has 1 rings (SSSR count). The van der Waals surface area contributed by atoms with Gasteiger partial charge in [0.1, 0.15) is 6.33 Å². The van der Waals surface area contributed by atoms with Gasteiger partial charge in [-0.3, -0.25) is 0 Å². The zero-order valence-electron chi connectivity index (χ0n) is 8.97. The molecule has 0 fully saturated rings. The van der Waals surface area contributed by atoms with Crippen LogP contribution < -0.4 is 0 Å². The van der Waals surface area contributed by atoms with E-state index in [-0.39, 0.29) is 24.9 Å². The minimum Gasteiger partial charge on any atom is -0.460 e. The zero-order valence-corrected chi connectivity index (χ0v) is 8.97. The molecule has 0 bridgehead atoms. The van der Waals surface area contributed by atoms with Crippen molar-refractivity contribution >= 4 is 11.9 Å². The standard InChI is InChI=1S/C9H11N3O4/c1-3-15-8(13)6-10-5-11-7(12-6)9(14)16-4-2/h5H,3-4H2,1-2H3. The molecular formula is C9H11N3O4. The molecule has 0 spiro atoms. The van der Waals surface area contributed by atoms with Gasteiger partial charge in [0.15, 0.2) is 0 Å². The van der Waals surface area contributed by atoms with E-state index in [1.165, 1.54) is 0 Å². The van der Waals surface area contributed by atoms with Gasteiger partial charge in [0.2, 0.25) is 11.6 Å². The lowest BCUT2D eigenvalue weighted by Crippen LogP contribution is -2.16. The minimum absolute atomic E-state index is 0.208. The Morgan fingerprint density at radius 3 is 1.88 bits per heavy atom. The topological polar surface area (TPSA) is 91.3 Å². The molecule has 16 heavy (non-hydrogen) atoms. The summed E-state index contributed by atoms with van der Waals surface area (Å²) in [6.07, 6.45) is 1.06. The van der Waals surface area contributed by atoms with E-state index in [1.54, 1.807) is 13.8 Å². The van der Waals surface area contributed by atoms with Gasteiger partial charge >= 0.3 is 11.9 Å². The summed E-state index contributed by atoms with van der Waals surface area (Å²) < 4.78 is 9.36. The summed E-state index contributed by atoms with van der Waals surface area (Å²) in [5.41, 5.74) is 0. The average Bonchev–Trinajstić information content (AvgIpc) is 2.30. The van der Waals surface area contributed by atoms with Crippen molar-refractivity contribution in [1.82, 2.24) is 15.0 Å². The van der Waals surface area contributed by atoms with Crippen LogP contribution in [0.4, 0.5) is 0 Å². The Morgan fingerprint density at radius 1 is 1.06 bits per heavy atom. The van der Waals surface area contributed by atoms with Crippen molar-refractivity contribution in [3.63, 3.8) is 0 Å². The third kappa shape index (κ3) is 2.97. The molecule has 1 heterocycles. The van der Waals surface area contributed by atoms with Crippen molar-refractivity contribution in [2.24, 2.45) is 0 Å². The minimum atomic E-state index is -0.699. The van der Waals surface area contributed by atoms with Gasteiger partial charge in [-0.2, -0.15) is 4.98 Å². The first-order chi connectivity index (χ1) is 7.69. The van der Waals surface area contributed by atoms with Gasteiger partial charge in [0, 0.05) is 0 Å². The molecule has 86 valence electrons. The second kappa shape index (κ2) is 5.74. The zero-order chi connectivity index (χ0) is 12.0. The molecule has 0 saturated carbocycles. The van der Waals surface area contributed by atoms with E-state index in [9.17, 15) is 9.59 Å². The largest absolute Gasteiger partial charge is 0.460 e. The van der Waals surface area contributed by atoms with Crippen LogP contribution >= 0.6 is 0 Å². The number of nitrogens with zero attached hydrogens (tertiary/aromatic N) is 3. The number of carbonyl (C=O) groups excluding carboxylic acids is 2. The molecule has 1 aromatic heterocycles. The first-order valence-corrected chi connectivity index (χ1v) is 4.72. The van der Waals surface area contributed by atoms with E-state index in [0.29, 0.717) is 0 Å². The first kappa shape index (κ1) is 12.0. The Balaban J connectivity index is 2.86. The molecule has 0 aliphatic heterocycles. The van der Waals surface area contributed by atoms with E-state index < -0.39 is 11.9 Å². The fourth-order valence-corrected chi connectivity index (χ4v) is 0.884. The highest BCUT2D eigenvalue weighted by atomic mass is 16.5. The van der Waals surface area contributed by atoms with Gasteiger partial charge in [-0.15, -0.1) is 0 Å². The highest BCUT2D eigenvalue weighted by Gasteiger charge is 2.16. The molecule has 0 N–H and O–H groups in total. The van der Waals surface area contributed by atoms with Gasteiger partial charge in [-0.1, -0.05) is 0 Å². The Bertz CT molecular complexity index is 361. The van der Waals surface area contributed by atoms with Crippen molar-refractivity contribution in [3.05, 3.63) is 18.0 Å². The third-order valence-electron chi connectivity index (χ3n) is 1.49. The lowest BCUT2D eigenvalue weighted by Gasteiger charge is -2.02. The van der Waals surface area contributed by atoms with Crippen LogP contribution in [0.3, 0.4) is 0 Å². The summed E-state index contributed by atoms with van der Waals surface area (Å²) in [5.74, 6) is -1.81. The molecule has 0 saturated heterocycles. The van der Waals surface area contributed by atoms with Gasteiger partial charge < -0.3 is 9.47 Å². The van der Waals surface area contributed by atoms with Crippen LogP contribution in [0.1, 0.15) is 35.1 Å². The van der Waals surface area contributed by atoms with Crippen LogP contribution in [-0.2, 0) is 9.47 Å². The third-order valence-corrected chi connectivity index (χ3v) is 1.49. The molecule has 7 heteroatoms. The van der Waals surface area contributed by atoms with E-state index in [0.717, 1.165) is 6.33 Å². The molecule has 7 nitrogen and oxygen atoms in total. The van der Waals surface area contributed by atoms with Gasteiger partial charge in [0.25, 0.3) is 0 Å². The van der Waals surface area contributed by atoms with Crippen LogP contribution in [-0.4, -0.2) is 40.1 Å². The summed E-state index contributed by atoms with van der Waals surface area (Å²) >= 11 is 0. The molecule has 0 aromatic carbocycles. The second-order valence-corrected chi connectivity index (χ2v) is 2.57. The van der Waals surface area contributed by atoms with Crippen LogP contribution in [0, 0.1) is 0 Å². The highest BCUT2D eigenvalue weighted by Crippen LogP contribution is 1.97. The summed E-state index contributed by atoms with van der Waals surface area (Å²) in [7, 11) is 0. The van der Waals surface area contributed by atoms with E-state index >= 15 is 0 Å². The highest BCUT2D eigenvalue weighted by molar-refractivity contribution is 5.88. The van der Waals surface area contributed by atoms with Gasteiger partial charge in [-0.25, -0.2) is 19.6 Å². The smallest absolute Gasteiger partial charge is 0.376 e. The quantitative estimate of drug-likeness (QED) is 0.677. The number of esters is 2. The first-order valence-electron chi connectivity index (χ1n) is 4.72. The predicted octanol–water partition coefficient (Wildman–Crippen LogP) is 0.225. The maximum Gasteiger partial charge on any atom is 0.376 e. The molecule has 0 aliphatic rings. The molecule has 1 aromatic rings. The number of rotatable bonds is 4. The Hall–Kier alpha value is -2.05. The molecule has 0 aliphatic carbocycles. The normalized spacial score (nSPS) is 9.62. The molecule has 0 radical (unpaired) electrons. The van der Waals surface area contributed by atoms with Crippen molar-refractivity contribution in [2.45, 2.75) is 13.8 Å². The lowest BCUT2D eigenvalue weighted by molar-refractivity contribution is 0.0500. The van der Waals surface area contributed by atoms with Crippen molar-refractivity contribution in [2.75, 3.05) is 13.2 Å². The lowest BCUT2D eigenvalue weighted by atomic mass is 10.5. The summed E-state index contributed by atoms with van der Waals surface area (Å²) in [6.45, 7) is 3.73. The molecular weight excluding hydrogens is 214 g/mol. The SMILES string of the molecule is CCOC(=O)c1ncnc(C(=O)OCC)n1. The number of hydrogen-bond acceptors (Lipinski definition) is 7. The Labute approximate surface area is 91.8 Å². The van der Waals surface area contributed by atoms with Crippen LogP contribution in [0.2, 0.25) is 0 Å². The van der Waals surface area contributed by atoms with Crippen LogP contribution in [0.25, 0.3) is 0 Å². The number of aromatic nitrogens is 3. The molecule has 0 unspecified atom stereocenters. The maximum absolute atomic E-state index is 11.3. The molecule has 0 atom stereocenters. The fourth-order valence-electron chi connectivity index (χ4n) is 0.884. The van der Waals surface area contributed by atoms with Crippen molar-refractivity contribution < 1.29 is 19.1 Å². The monoisotopic (exact) mass is 225 g/mol. The van der Waals surface area contributed by atoms with E-state index in [1.807, 2.05) is 0 Å². The predicted molar refractivity (Wildman–Crippen MR) is 51.7 cm³/mol. The Kier molecular flexibility index (Phi) is 4.31. The number of ether oxygens (including phenoxy) is 2. The van der Waals surface area contributed by atoms with Gasteiger partial charge in [0.05, 0.1) is 13.2 Å². The van der Waals surface area contributed by atoms with Crippen molar-refractivity contribution in [1.29, 1.82) is 0 Å². The van der Waals surface area contributed by atoms with E-state index in [4.69, 9.17) is 0 Å². The maximum atomic E-state index is 11.3. The van der Waals surface area contributed by atoms with Crippen molar-refractivity contribution in [3.8, 4) is 0 Å². The van der Waals surface area contributed by atoms with Gasteiger partial charge in [-0.05, 0) is 13.8 Å². The average molecular weight is 225 g/mol. The summed E-state index contributed by atoms with van der Waals surface area (Å²) in [4.78, 5) is 33.3. The van der Waals surface area contributed by atoms with Crippen LogP contribution in [0.5, 0.6) is 0 Å². The molecule has 0 amide bonds. The summed E-state index contributed by atoms with van der Waals surface area (Å²) in [6, 6.07) is 0. The van der Waals surface area contributed by atoms with E-state index in [2.05, 4.69) is 24.4 Å². The second-order valence-electron chi connectivity index (χ2n) is 2.57. The fraction of sp³-hybridized carbons (Fsp3) is 0.444. The number of carbonyl (C=O) groups is 2. The Morgan fingerprint density at radius 2 is 1.50 bits per heavy atom. The summed E-state index contributed by atoms with van der Waals surface area (Å²) in [5, 5.41) is 0. The van der Waals surface area contributed by atoms with Crippen LogP contribution in [0.15, 0.2) is 6.33 Å². The number of hydrogen-bond donors (Lipinski definition) is 0.